The Balaban J connectivity index is 0.00000133. The molecular formula is C13H24ClN3O2. The van der Waals surface area contributed by atoms with Gasteiger partial charge >= 0.3 is 0 Å². The van der Waals surface area contributed by atoms with Gasteiger partial charge in [0.2, 0.25) is 0 Å². The van der Waals surface area contributed by atoms with E-state index in [2.05, 4.69) is 10.2 Å². The molecule has 3 rings (SSSR count). The monoisotopic (exact) mass is 289 g/mol. The van der Waals surface area contributed by atoms with Crippen LogP contribution in [0.3, 0.4) is 0 Å². The first-order valence-corrected chi connectivity index (χ1v) is 7.20. The smallest absolute Gasteiger partial charge is 0.251 e. The molecule has 3 aliphatic heterocycles. The Morgan fingerprint density at radius 3 is 2.53 bits per heavy atom. The van der Waals surface area contributed by atoms with Crippen LogP contribution in [0.1, 0.15) is 19.3 Å². The van der Waals surface area contributed by atoms with Gasteiger partial charge in [0.15, 0.2) is 0 Å². The van der Waals surface area contributed by atoms with Gasteiger partial charge in [-0.3, -0.25) is 9.69 Å². The minimum absolute atomic E-state index is 0. The molecule has 110 valence electrons. The lowest BCUT2D eigenvalue weighted by atomic mass is 10.1. The fourth-order valence-corrected chi connectivity index (χ4v) is 3.23. The lowest BCUT2D eigenvalue weighted by Crippen LogP contribution is -2.54. The van der Waals surface area contributed by atoms with Gasteiger partial charge in [0.05, 0.1) is 0 Å². The van der Waals surface area contributed by atoms with Crippen LogP contribution in [0, 0.1) is 0 Å². The first-order chi connectivity index (χ1) is 8.84. The molecule has 3 fully saturated rings. The molecule has 0 aromatic rings. The Bertz CT molecular complexity index is 296. The molecule has 3 aliphatic rings. The molecule has 1 amide bonds. The van der Waals surface area contributed by atoms with Crippen LogP contribution in [0.15, 0.2) is 0 Å². The number of hydrogen-bond acceptors (Lipinski definition) is 4. The molecule has 19 heavy (non-hydrogen) atoms. The SMILES string of the molecule is Cl.O=C([C@H]1CCCO1)N1CCN(C2CCNC2)CC1. The molecular weight excluding hydrogens is 266 g/mol. The van der Waals surface area contributed by atoms with Gasteiger partial charge in [-0.2, -0.15) is 0 Å². The molecule has 5 nitrogen and oxygen atoms in total. The Kier molecular flexibility index (Phi) is 5.45. The first-order valence-electron chi connectivity index (χ1n) is 7.20. The van der Waals surface area contributed by atoms with E-state index in [9.17, 15) is 4.79 Å². The van der Waals surface area contributed by atoms with E-state index in [1.165, 1.54) is 6.42 Å². The predicted molar refractivity (Wildman–Crippen MR) is 75.6 cm³/mol. The highest BCUT2D eigenvalue weighted by atomic mass is 35.5. The number of carbonyl (C=O) groups is 1. The topological polar surface area (TPSA) is 44.8 Å². The van der Waals surface area contributed by atoms with E-state index in [-0.39, 0.29) is 24.4 Å². The number of carbonyl (C=O) groups excluding carboxylic acids is 1. The van der Waals surface area contributed by atoms with E-state index in [0.29, 0.717) is 6.04 Å². The van der Waals surface area contributed by atoms with Gasteiger partial charge in [-0.1, -0.05) is 0 Å². The molecule has 1 unspecified atom stereocenters. The largest absolute Gasteiger partial charge is 0.368 e. The molecule has 0 aromatic carbocycles. The van der Waals surface area contributed by atoms with E-state index in [1.807, 2.05) is 4.90 Å². The van der Waals surface area contributed by atoms with Crippen molar-refractivity contribution >= 4 is 18.3 Å². The average molecular weight is 290 g/mol. The number of halogens is 1. The van der Waals surface area contributed by atoms with Crippen molar-refractivity contribution in [3.8, 4) is 0 Å². The van der Waals surface area contributed by atoms with Crippen LogP contribution in [0.4, 0.5) is 0 Å². The van der Waals surface area contributed by atoms with Crippen LogP contribution in [-0.4, -0.2) is 73.7 Å². The Morgan fingerprint density at radius 1 is 1.16 bits per heavy atom. The summed E-state index contributed by atoms with van der Waals surface area (Å²) >= 11 is 0. The molecule has 0 saturated carbocycles. The molecule has 6 heteroatoms. The summed E-state index contributed by atoms with van der Waals surface area (Å²) in [4.78, 5) is 16.7. The van der Waals surface area contributed by atoms with Gasteiger partial charge in [0.25, 0.3) is 5.91 Å². The fourth-order valence-electron chi connectivity index (χ4n) is 3.23. The molecule has 0 aromatic heterocycles. The highest BCUT2D eigenvalue weighted by Gasteiger charge is 2.32. The third-order valence-electron chi connectivity index (χ3n) is 4.38. The number of rotatable bonds is 2. The molecule has 1 N–H and O–H groups in total. The van der Waals surface area contributed by atoms with Gasteiger partial charge in [-0.15, -0.1) is 12.4 Å². The Labute approximate surface area is 121 Å². The van der Waals surface area contributed by atoms with Crippen LogP contribution < -0.4 is 5.32 Å². The summed E-state index contributed by atoms with van der Waals surface area (Å²) in [5.74, 6) is 0.219. The van der Waals surface area contributed by atoms with Gasteiger partial charge < -0.3 is 15.0 Å². The maximum atomic E-state index is 12.2. The standard InChI is InChI=1S/C13H23N3O2.ClH/c17-13(12-2-1-9-18-12)16-7-5-15(6-8-16)11-3-4-14-10-11;/h11-12,14H,1-10H2;1H/t11?,12-;/m1./s1. The van der Waals surface area contributed by atoms with Crippen molar-refractivity contribution in [3.63, 3.8) is 0 Å². The quantitative estimate of drug-likeness (QED) is 0.783. The van der Waals surface area contributed by atoms with Crippen molar-refractivity contribution in [1.29, 1.82) is 0 Å². The second kappa shape index (κ2) is 6.88. The van der Waals surface area contributed by atoms with Crippen molar-refractivity contribution in [1.82, 2.24) is 15.1 Å². The number of nitrogens with zero attached hydrogens (tertiary/aromatic N) is 2. The van der Waals surface area contributed by atoms with Gasteiger partial charge in [-0.25, -0.2) is 0 Å². The fraction of sp³-hybridized carbons (Fsp3) is 0.923. The van der Waals surface area contributed by atoms with E-state index in [1.54, 1.807) is 0 Å². The summed E-state index contributed by atoms with van der Waals surface area (Å²) in [6.45, 7) is 6.78. The Hall–Kier alpha value is -0.360. The molecule has 3 saturated heterocycles. The van der Waals surface area contributed by atoms with E-state index < -0.39 is 0 Å². The first kappa shape index (κ1) is 15.0. The number of nitrogens with one attached hydrogen (secondary N) is 1. The second-order valence-electron chi connectivity index (χ2n) is 5.51. The minimum Gasteiger partial charge on any atom is -0.368 e. The molecule has 0 aliphatic carbocycles. The number of ether oxygens (including phenoxy) is 1. The zero-order chi connectivity index (χ0) is 12.4. The number of amides is 1. The molecule has 2 atom stereocenters. The van der Waals surface area contributed by atoms with Crippen molar-refractivity contribution < 1.29 is 9.53 Å². The third kappa shape index (κ3) is 3.40. The van der Waals surface area contributed by atoms with Crippen LogP contribution in [0.25, 0.3) is 0 Å². The molecule has 0 radical (unpaired) electrons. The van der Waals surface area contributed by atoms with Crippen molar-refractivity contribution in [2.45, 2.75) is 31.4 Å². The molecule has 0 bridgehead atoms. The summed E-state index contributed by atoms with van der Waals surface area (Å²) in [6, 6.07) is 0.685. The normalized spacial score (nSPS) is 32.3. The molecule has 0 spiro atoms. The van der Waals surface area contributed by atoms with Crippen LogP contribution in [-0.2, 0) is 9.53 Å². The summed E-state index contributed by atoms with van der Waals surface area (Å²) in [5.41, 5.74) is 0. The highest BCUT2D eigenvalue weighted by molar-refractivity contribution is 5.85. The lowest BCUT2D eigenvalue weighted by molar-refractivity contribution is -0.143. The average Bonchev–Trinajstić information content (AvgIpc) is 3.11. The second-order valence-corrected chi connectivity index (χ2v) is 5.51. The predicted octanol–water partition coefficient (Wildman–Crippen LogP) is 0.0933. The zero-order valence-corrected chi connectivity index (χ0v) is 12.2. The minimum atomic E-state index is -0.148. The van der Waals surface area contributed by atoms with Crippen molar-refractivity contribution in [3.05, 3.63) is 0 Å². The summed E-state index contributed by atoms with van der Waals surface area (Å²) in [5, 5.41) is 3.41. The van der Waals surface area contributed by atoms with E-state index in [0.717, 1.165) is 58.7 Å². The summed E-state index contributed by atoms with van der Waals surface area (Å²) < 4.78 is 5.48. The number of piperazine rings is 1. The maximum absolute atomic E-state index is 12.2. The van der Waals surface area contributed by atoms with Gasteiger partial charge in [0, 0.05) is 45.4 Å². The van der Waals surface area contributed by atoms with Crippen LogP contribution >= 0.6 is 12.4 Å². The molecule has 3 heterocycles. The van der Waals surface area contributed by atoms with Crippen LogP contribution in [0.2, 0.25) is 0 Å². The maximum Gasteiger partial charge on any atom is 0.251 e. The summed E-state index contributed by atoms with van der Waals surface area (Å²) in [6.07, 6.45) is 3.04. The van der Waals surface area contributed by atoms with Gasteiger partial charge in [0.1, 0.15) is 6.10 Å². The lowest BCUT2D eigenvalue weighted by Gasteiger charge is -2.38. The zero-order valence-electron chi connectivity index (χ0n) is 11.3. The van der Waals surface area contributed by atoms with Crippen molar-refractivity contribution in [2.24, 2.45) is 0 Å². The summed E-state index contributed by atoms with van der Waals surface area (Å²) in [7, 11) is 0. The van der Waals surface area contributed by atoms with E-state index in [4.69, 9.17) is 4.74 Å². The van der Waals surface area contributed by atoms with Crippen molar-refractivity contribution in [2.75, 3.05) is 45.9 Å². The van der Waals surface area contributed by atoms with Crippen LogP contribution in [0.5, 0.6) is 0 Å². The third-order valence-corrected chi connectivity index (χ3v) is 4.38. The highest BCUT2D eigenvalue weighted by Crippen LogP contribution is 2.17. The number of hydrogen-bond donors (Lipinski definition) is 1. The van der Waals surface area contributed by atoms with Gasteiger partial charge in [-0.05, 0) is 25.8 Å². The van der Waals surface area contributed by atoms with E-state index >= 15 is 0 Å². The Morgan fingerprint density at radius 2 is 1.95 bits per heavy atom.